The predicted octanol–water partition coefficient (Wildman–Crippen LogP) is 3.69. The molecule has 3 rings (SSSR count). The molecule has 5 heteroatoms. The number of nitrogens with one attached hydrogen (secondary N) is 1. The number of anilines is 2. The fraction of sp³-hybridized carbons (Fsp3) is 0.0714. The summed E-state index contributed by atoms with van der Waals surface area (Å²) in [7, 11) is 1.63. The number of nitrogens with zero attached hydrogens (tertiary/aromatic N) is 1. The Labute approximate surface area is 109 Å². The van der Waals surface area contributed by atoms with Gasteiger partial charge < -0.3 is 19.0 Å². The molecule has 0 radical (unpaired) electrons. The molecule has 2 heterocycles. The first-order chi connectivity index (χ1) is 9.35. The second-order valence-corrected chi connectivity index (χ2v) is 3.91. The van der Waals surface area contributed by atoms with E-state index in [4.69, 9.17) is 13.7 Å². The van der Waals surface area contributed by atoms with Crippen molar-refractivity contribution in [2.24, 2.45) is 0 Å². The molecule has 0 spiro atoms. The highest BCUT2D eigenvalue weighted by Gasteiger charge is 2.08. The van der Waals surface area contributed by atoms with Crippen molar-refractivity contribution >= 4 is 11.5 Å². The average Bonchev–Trinajstić information content (AvgIpc) is 3.10. The van der Waals surface area contributed by atoms with Gasteiger partial charge in [0, 0.05) is 11.8 Å². The van der Waals surface area contributed by atoms with Gasteiger partial charge in [-0.05, 0) is 36.4 Å². The second kappa shape index (κ2) is 4.89. The number of ether oxygens (including phenoxy) is 1. The van der Waals surface area contributed by atoms with Gasteiger partial charge in [-0.2, -0.15) is 0 Å². The van der Waals surface area contributed by atoms with Crippen LogP contribution in [0.3, 0.4) is 0 Å². The molecule has 0 aliphatic rings. The first-order valence-electron chi connectivity index (χ1n) is 5.77. The molecule has 1 aromatic carbocycles. The summed E-state index contributed by atoms with van der Waals surface area (Å²) in [6.07, 6.45) is 1.59. The van der Waals surface area contributed by atoms with E-state index in [2.05, 4.69) is 10.5 Å². The van der Waals surface area contributed by atoms with Crippen molar-refractivity contribution in [2.45, 2.75) is 0 Å². The van der Waals surface area contributed by atoms with Crippen LogP contribution in [0.2, 0.25) is 0 Å². The van der Waals surface area contributed by atoms with E-state index in [0.717, 1.165) is 11.4 Å². The molecule has 0 aliphatic heterocycles. The lowest BCUT2D eigenvalue weighted by Crippen LogP contribution is -1.90. The standard InChI is InChI=1S/C14H12N2O3/c1-17-11-6-4-10(5-7-11)15-14-9-13(19-16-14)12-3-2-8-18-12/h2-9H,1H3,(H,15,16). The normalized spacial score (nSPS) is 10.4. The summed E-state index contributed by atoms with van der Waals surface area (Å²) in [5.74, 6) is 2.66. The van der Waals surface area contributed by atoms with Gasteiger partial charge in [0.1, 0.15) is 5.75 Å². The Balaban J connectivity index is 1.76. The van der Waals surface area contributed by atoms with Crippen molar-refractivity contribution in [2.75, 3.05) is 12.4 Å². The van der Waals surface area contributed by atoms with Crippen molar-refractivity contribution in [3.05, 3.63) is 48.7 Å². The molecule has 0 amide bonds. The van der Waals surface area contributed by atoms with Crippen LogP contribution in [0, 0.1) is 0 Å². The van der Waals surface area contributed by atoms with Crippen molar-refractivity contribution in [1.29, 1.82) is 0 Å². The number of methoxy groups -OCH3 is 1. The fourth-order valence-electron chi connectivity index (χ4n) is 1.69. The van der Waals surface area contributed by atoms with Crippen LogP contribution in [0.15, 0.2) is 57.7 Å². The third-order valence-electron chi connectivity index (χ3n) is 2.64. The molecule has 5 nitrogen and oxygen atoms in total. The van der Waals surface area contributed by atoms with E-state index in [9.17, 15) is 0 Å². The highest BCUT2D eigenvalue weighted by atomic mass is 16.5. The van der Waals surface area contributed by atoms with Gasteiger partial charge >= 0.3 is 0 Å². The van der Waals surface area contributed by atoms with Crippen LogP contribution in [0.5, 0.6) is 5.75 Å². The summed E-state index contributed by atoms with van der Waals surface area (Å²) in [5, 5.41) is 7.07. The molecule has 0 fully saturated rings. The second-order valence-electron chi connectivity index (χ2n) is 3.91. The SMILES string of the molecule is COc1ccc(Nc2cc(-c3ccco3)on2)cc1. The van der Waals surface area contributed by atoms with E-state index in [1.165, 1.54) is 0 Å². The van der Waals surface area contributed by atoms with Crippen LogP contribution in [0.4, 0.5) is 11.5 Å². The van der Waals surface area contributed by atoms with E-state index < -0.39 is 0 Å². The van der Waals surface area contributed by atoms with Gasteiger partial charge in [-0.3, -0.25) is 0 Å². The van der Waals surface area contributed by atoms with Crippen LogP contribution in [0.1, 0.15) is 0 Å². The Bertz CT molecular complexity index is 642. The molecule has 0 saturated carbocycles. The maximum absolute atomic E-state index is 5.24. The molecule has 96 valence electrons. The fourth-order valence-corrected chi connectivity index (χ4v) is 1.69. The van der Waals surface area contributed by atoms with Gasteiger partial charge in [-0.15, -0.1) is 0 Å². The Hall–Kier alpha value is -2.69. The zero-order valence-electron chi connectivity index (χ0n) is 10.3. The minimum absolute atomic E-state index is 0.584. The zero-order chi connectivity index (χ0) is 13.1. The number of rotatable bonds is 4. The molecule has 0 unspecified atom stereocenters. The third-order valence-corrected chi connectivity index (χ3v) is 2.64. The lowest BCUT2D eigenvalue weighted by atomic mass is 10.3. The molecule has 0 saturated heterocycles. The summed E-state index contributed by atoms with van der Waals surface area (Å²) in [6.45, 7) is 0. The van der Waals surface area contributed by atoms with Gasteiger partial charge in [-0.25, -0.2) is 0 Å². The van der Waals surface area contributed by atoms with Crippen LogP contribution < -0.4 is 10.1 Å². The predicted molar refractivity (Wildman–Crippen MR) is 70.5 cm³/mol. The molecule has 3 aromatic rings. The number of hydrogen-bond acceptors (Lipinski definition) is 5. The average molecular weight is 256 g/mol. The zero-order valence-corrected chi connectivity index (χ0v) is 10.3. The first-order valence-corrected chi connectivity index (χ1v) is 5.77. The summed E-state index contributed by atoms with van der Waals surface area (Å²) in [6, 6.07) is 12.9. The van der Waals surface area contributed by atoms with Crippen LogP contribution in [-0.4, -0.2) is 12.3 Å². The molecule has 0 atom stereocenters. The maximum Gasteiger partial charge on any atom is 0.204 e. The van der Waals surface area contributed by atoms with Crippen LogP contribution in [0.25, 0.3) is 11.5 Å². The van der Waals surface area contributed by atoms with Crippen molar-refractivity contribution in [3.8, 4) is 17.3 Å². The largest absolute Gasteiger partial charge is 0.497 e. The van der Waals surface area contributed by atoms with Crippen LogP contribution in [-0.2, 0) is 0 Å². The molecular weight excluding hydrogens is 244 g/mol. The minimum atomic E-state index is 0.584. The monoisotopic (exact) mass is 256 g/mol. The summed E-state index contributed by atoms with van der Waals surface area (Å²) in [4.78, 5) is 0. The quantitative estimate of drug-likeness (QED) is 0.771. The van der Waals surface area contributed by atoms with Crippen molar-refractivity contribution in [3.63, 3.8) is 0 Å². The highest BCUT2D eigenvalue weighted by Crippen LogP contribution is 2.25. The van der Waals surface area contributed by atoms with Gasteiger partial charge in [0.05, 0.1) is 13.4 Å². The number of hydrogen-bond donors (Lipinski definition) is 1. The summed E-state index contributed by atoms with van der Waals surface area (Å²) >= 11 is 0. The molecule has 0 aliphatic carbocycles. The Morgan fingerprint density at radius 1 is 1.11 bits per heavy atom. The first kappa shape index (κ1) is 11.4. The van der Waals surface area contributed by atoms with E-state index in [1.54, 1.807) is 25.5 Å². The molecule has 2 aromatic heterocycles. The smallest absolute Gasteiger partial charge is 0.204 e. The van der Waals surface area contributed by atoms with Gasteiger partial charge in [-0.1, -0.05) is 5.16 Å². The summed E-state index contributed by atoms with van der Waals surface area (Å²) in [5.41, 5.74) is 0.903. The van der Waals surface area contributed by atoms with E-state index >= 15 is 0 Å². The van der Waals surface area contributed by atoms with E-state index in [-0.39, 0.29) is 0 Å². The van der Waals surface area contributed by atoms with Crippen molar-refractivity contribution in [1.82, 2.24) is 5.16 Å². The number of aromatic nitrogens is 1. The van der Waals surface area contributed by atoms with Gasteiger partial charge in [0.25, 0.3) is 0 Å². The lowest BCUT2D eigenvalue weighted by Gasteiger charge is -2.03. The Morgan fingerprint density at radius 3 is 2.63 bits per heavy atom. The third kappa shape index (κ3) is 2.44. The van der Waals surface area contributed by atoms with Gasteiger partial charge in [0.2, 0.25) is 5.76 Å². The molecule has 19 heavy (non-hydrogen) atoms. The lowest BCUT2D eigenvalue weighted by molar-refractivity contribution is 0.415. The minimum Gasteiger partial charge on any atom is -0.497 e. The van der Waals surface area contributed by atoms with Crippen molar-refractivity contribution < 1.29 is 13.7 Å². The maximum atomic E-state index is 5.24. The Morgan fingerprint density at radius 2 is 1.95 bits per heavy atom. The van der Waals surface area contributed by atoms with Crippen LogP contribution >= 0.6 is 0 Å². The topological polar surface area (TPSA) is 60.4 Å². The molecule has 0 bridgehead atoms. The van der Waals surface area contributed by atoms with Gasteiger partial charge in [0.15, 0.2) is 11.6 Å². The number of furan rings is 1. The Kier molecular flexibility index (Phi) is 2.94. The van der Waals surface area contributed by atoms with E-state index in [0.29, 0.717) is 17.3 Å². The molecule has 1 N–H and O–H groups in total. The number of benzene rings is 1. The molecular formula is C14H12N2O3. The highest BCUT2D eigenvalue weighted by molar-refractivity contribution is 5.61. The van der Waals surface area contributed by atoms with E-state index in [1.807, 2.05) is 30.3 Å². The summed E-state index contributed by atoms with van der Waals surface area (Å²) < 4.78 is 15.5.